The van der Waals surface area contributed by atoms with Gasteiger partial charge in [0.15, 0.2) is 0 Å². The van der Waals surface area contributed by atoms with Gasteiger partial charge in [-0.2, -0.15) is 11.8 Å². The van der Waals surface area contributed by atoms with E-state index < -0.39 is 0 Å². The lowest BCUT2D eigenvalue weighted by atomic mass is 10.2. The first-order chi connectivity index (χ1) is 9.29. The molecule has 0 spiro atoms. The molecule has 2 N–H and O–H groups in total. The summed E-state index contributed by atoms with van der Waals surface area (Å²) in [5, 5.41) is 6.27. The van der Waals surface area contributed by atoms with Crippen LogP contribution in [0.5, 0.6) is 0 Å². The highest BCUT2D eigenvalue weighted by molar-refractivity contribution is 7.99. The van der Waals surface area contributed by atoms with Crippen LogP contribution in [0.4, 0.5) is 5.82 Å². The summed E-state index contributed by atoms with van der Waals surface area (Å²) < 4.78 is 0. The number of nitrogens with zero attached hydrogens (tertiary/aromatic N) is 1. The maximum atomic E-state index is 12.1. The van der Waals surface area contributed by atoms with E-state index in [1.807, 2.05) is 23.9 Å². The highest BCUT2D eigenvalue weighted by Gasteiger charge is 2.17. The van der Waals surface area contributed by atoms with E-state index in [-0.39, 0.29) is 5.91 Å². The Labute approximate surface area is 118 Å². The van der Waals surface area contributed by atoms with E-state index in [9.17, 15) is 4.79 Å². The molecule has 0 aromatic carbocycles. The molecular weight excluding hydrogens is 258 g/mol. The molecule has 0 aliphatic carbocycles. The predicted molar refractivity (Wildman–Crippen MR) is 80.8 cm³/mol. The van der Waals surface area contributed by atoms with Gasteiger partial charge in [-0.25, -0.2) is 4.98 Å². The molecule has 1 fully saturated rings. The third-order valence-corrected chi connectivity index (χ3v) is 4.25. The van der Waals surface area contributed by atoms with E-state index in [4.69, 9.17) is 0 Å². The molecule has 1 aromatic rings. The summed E-state index contributed by atoms with van der Waals surface area (Å²) in [6, 6.07) is 5.82. The Hall–Kier alpha value is -1.23. The molecule has 5 heteroatoms. The average molecular weight is 279 g/mol. The van der Waals surface area contributed by atoms with Gasteiger partial charge in [-0.15, -0.1) is 0 Å². The Morgan fingerprint density at radius 1 is 1.53 bits per heavy atom. The molecule has 1 aromatic heterocycles. The topological polar surface area (TPSA) is 54.0 Å². The molecule has 0 radical (unpaired) electrons. The molecule has 104 valence electrons. The fourth-order valence-electron chi connectivity index (χ4n) is 2.03. The van der Waals surface area contributed by atoms with Crippen molar-refractivity contribution < 1.29 is 4.79 Å². The summed E-state index contributed by atoms with van der Waals surface area (Å²) in [6.07, 6.45) is 3.30. The molecule has 1 saturated heterocycles. The van der Waals surface area contributed by atoms with Gasteiger partial charge in [0, 0.05) is 18.3 Å². The number of carbonyl (C=O) groups excluding carboxylic acids is 1. The molecule has 0 bridgehead atoms. The van der Waals surface area contributed by atoms with Crippen LogP contribution in [0.2, 0.25) is 0 Å². The van der Waals surface area contributed by atoms with E-state index in [1.165, 1.54) is 12.2 Å². The van der Waals surface area contributed by atoms with Gasteiger partial charge < -0.3 is 10.6 Å². The molecule has 2 heterocycles. The summed E-state index contributed by atoms with van der Waals surface area (Å²) in [5.41, 5.74) is 0.497. The lowest BCUT2D eigenvalue weighted by Crippen LogP contribution is -2.38. The van der Waals surface area contributed by atoms with Crippen molar-refractivity contribution in [3.63, 3.8) is 0 Å². The van der Waals surface area contributed by atoms with Crippen molar-refractivity contribution in [2.45, 2.75) is 32.2 Å². The van der Waals surface area contributed by atoms with E-state index >= 15 is 0 Å². The number of hydrogen-bond acceptors (Lipinski definition) is 4. The maximum absolute atomic E-state index is 12.1. The van der Waals surface area contributed by atoms with E-state index in [0.717, 1.165) is 31.0 Å². The Morgan fingerprint density at radius 2 is 2.42 bits per heavy atom. The SMILES string of the molecule is CCCNc1cccc(C(=O)NC2CCCSC2)n1. The number of anilines is 1. The van der Waals surface area contributed by atoms with Gasteiger partial charge in [-0.05, 0) is 37.1 Å². The number of amides is 1. The van der Waals surface area contributed by atoms with Gasteiger partial charge in [-0.3, -0.25) is 4.79 Å². The number of carbonyl (C=O) groups is 1. The van der Waals surface area contributed by atoms with Crippen molar-refractivity contribution in [2.24, 2.45) is 0 Å². The van der Waals surface area contributed by atoms with Gasteiger partial charge >= 0.3 is 0 Å². The van der Waals surface area contributed by atoms with Gasteiger partial charge in [0.2, 0.25) is 0 Å². The van der Waals surface area contributed by atoms with Crippen LogP contribution < -0.4 is 10.6 Å². The van der Waals surface area contributed by atoms with Crippen molar-refractivity contribution in [1.82, 2.24) is 10.3 Å². The summed E-state index contributed by atoms with van der Waals surface area (Å²) >= 11 is 1.91. The normalized spacial score (nSPS) is 18.9. The number of nitrogens with one attached hydrogen (secondary N) is 2. The third kappa shape index (κ3) is 4.42. The van der Waals surface area contributed by atoms with Crippen molar-refractivity contribution in [3.05, 3.63) is 23.9 Å². The van der Waals surface area contributed by atoms with Gasteiger partial charge in [0.1, 0.15) is 11.5 Å². The van der Waals surface area contributed by atoms with Crippen LogP contribution in [0.25, 0.3) is 0 Å². The van der Waals surface area contributed by atoms with Crippen LogP contribution in [0.1, 0.15) is 36.7 Å². The van der Waals surface area contributed by atoms with Crippen molar-refractivity contribution in [3.8, 4) is 0 Å². The second kappa shape index (κ2) is 7.38. The number of rotatable bonds is 5. The van der Waals surface area contributed by atoms with E-state index in [0.29, 0.717) is 11.7 Å². The Bertz CT molecular complexity index is 419. The average Bonchev–Trinajstić information content (AvgIpc) is 2.46. The van der Waals surface area contributed by atoms with Gasteiger partial charge in [0.05, 0.1) is 0 Å². The minimum absolute atomic E-state index is 0.0624. The molecule has 1 aliphatic heterocycles. The smallest absolute Gasteiger partial charge is 0.270 e. The second-order valence-corrected chi connectivity index (χ2v) is 5.87. The first-order valence-corrected chi connectivity index (χ1v) is 8.04. The molecular formula is C14H21N3OS. The van der Waals surface area contributed by atoms with Gasteiger partial charge in [0.25, 0.3) is 5.91 Å². The summed E-state index contributed by atoms with van der Waals surface area (Å²) in [6.45, 7) is 2.97. The first-order valence-electron chi connectivity index (χ1n) is 6.89. The van der Waals surface area contributed by atoms with Crippen LogP contribution in [0, 0.1) is 0 Å². The third-order valence-electron chi connectivity index (χ3n) is 3.03. The van der Waals surface area contributed by atoms with Crippen molar-refractivity contribution >= 4 is 23.5 Å². The molecule has 1 unspecified atom stereocenters. The second-order valence-electron chi connectivity index (χ2n) is 4.72. The van der Waals surface area contributed by atoms with Crippen LogP contribution in [0.15, 0.2) is 18.2 Å². The fraction of sp³-hybridized carbons (Fsp3) is 0.571. The Kier molecular flexibility index (Phi) is 5.51. The number of pyridine rings is 1. The maximum Gasteiger partial charge on any atom is 0.270 e. The van der Waals surface area contributed by atoms with Crippen LogP contribution >= 0.6 is 11.8 Å². The highest BCUT2D eigenvalue weighted by atomic mass is 32.2. The number of thioether (sulfide) groups is 1. The Morgan fingerprint density at radius 3 is 3.16 bits per heavy atom. The molecule has 2 rings (SSSR count). The lowest BCUT2D eigenvalue weighted by molar-refractivity contribution is 0.0933. The standard InChI is InChI=1S/C14H21N3OS/c1-2-8-15-13-7-3-6-12(17-13)14(18)16-11-5-4-9-19-10-11/h3,6-7,11H,2,4-5,8-10H2,1H3,(H,15,17)(H,16,18). The molecule has 0 saturated carbocycles. The molecule has 1 aliphatic rings. The van der Waals surface area contributed by atoms with Crippen LogP contribution in [-0.2, 0) is 0 Å². The fourth-order valence-corrected chi connectivity index (χ4v) is 3.10. The number of hydrogen-bond donors (Lipinski definition) is 2. The molecule has 4 nitrogen and oxygen atoms in total. The van der Waals surface area contributed by atoms with Crippen molar-refractivity contribution in [1.29, 1.82) is 0 Å². The summed E-state index contributed by atoms with van der Waals surface area (Å²) in [7, 11) is 0. The largest absolute Gasteiger partial charge is 0.370 e. The lowest BCUT2D eigenvalue weighted by Gasteiger charge is -2.22. The summed E-state index contributed by atoms with van der Waals surface area (Å²) in [5.74, 6) is 2.93. The zero-order chi connectivity index (χ0) is 13.5. The zero-order valence-corrected chi connectivity index (χ0v) is 12.1. The monoisotopic (exact) mass is 279 g/mol. The quantitative estimate of drug-likeness (QED) is 0.869. The minimum Gasteiger partial charge on any atom is -0.370 e. The Balaban J connectivity index is 1.93. The summed E-state index contributed by atoms with van der Waals surface area (Å²) in [4.78, 5) is 16.5. The minimum atomic E-state index is -0.0624. The van der Waals surface area contributed by atoms with E-state index in [2.05, 4.69) is 22.5 Å². The zero-order valence-electron chi connectivity index (χ0n) is 11.3. The molecule has 1 amide bonds. The molecule has 1 atom stereocenters. The van der Waals surface area contributed by atoms with Crippen LogP contribution in [0.3, 0.4) is 0 Å². The first kappa shape index (κ1) is 14.2. The molecule has 19 heavy (non-hydrogen) atoms. The van der Waals surface area contributed by atoms with E-state index in [1.54, 1.807) is 6.07 Å². The van der Waals surface area contributed by atoms with Crippen LogP contribution in [-0.4, -0.2) is 35.0 Å². The van der Waals surface area contributed by atoms with Crippen molar-refractivity contribution in [2.75, 3.05) is 23.4 Å². The predicted octanol–water partition coefficient (Wildman–Crippen LogP) is 2.53. The highest BCUT2D eigenvalue weighted by Crippen LogP contribution is 2.17. The van der Waals surface area contributed by atoms with Gasteiger partial charge in [-0.1, -0.05) is 13.0 Å². The number of aromatic nitrogens is 1.